The molecule has 0 aromatic rings. The number of allylic oxidation sites excluding steroid dienone is 4. The number of ether oxygens (including phenoxy) is 1. The molecule has 4 heteroatoms. The van der Waals surface area contributed by atoms with E-state index in [4.69, 9.17) is 4.74 Å². The molecule has 1 N–H and O–H groups in total. The second-order valence-electron chi connectivity index (χ2n) is 4.71. The molecule has 0 bridgehead atoms. The van der Waals surface area contributed by atoms with Gasteiger partial charge in [0.25, 0.3) is 0 Å². The maximum Gasteiger partial charge on any atom is 0.220 e. The van der Waals surface area contributed by atoms with Crippen LogP contribution < -0.4 is 0 Å². The maximum absolute atomic E-state index is 11.4. The number of ketones is 1. The van der Waals surface area contributed by atoms with Gasteiger partial charge in [-0.15, -0.1) is 0 Å². The van der Waals surface area contributed by atoms with Gasteiger partial charge in [0.05, 0.1) is 13.2 Å². The van der Waals surface area contributed by atoms with Crippen molar-refractivity contribution in [2.24, 2.45) is 0 Å². The molecule has 0 amide bonds. The smallest absolute Gasteiger partial charge is 0.220 e. The second kappa shape index (κ2) is 5.87. The van der Waals surface area contributed by atoms with Crippen molar-refractivity contribution in [3.05, 3.63) is 35.8 Å². The van der Waals surface area contributed by atoms with Gasteiger partial charge in [0.2, 0.25) is 5.78 Å². The van der Waals surface area contributed by atoms with E-state index in [1.165, 1.54) is 37.5 Å². The lowest BCUT2D eigenvalue weighted by molar-refractivity contribution is -0.114. The van der Waals surface area contributed by atoms with Crippen LogP contribution in [0.4, 0.5) is 0 Å². The molecule has 2 aliphatic carbocycles. The zero-order chi connectivity index (χ0) is 13.0. The highest BCUT2D eigenvalue weighted by molar-refractivity contribution is 6.04. The fourth-order valence-corrected chi connectivity index (χ4v) is 2.37. The Labute approximate surface area is 107 Å². The molecule has 0 atom stereocenters. The summed E-state index contributed by atoms with van der Waals surface area (Å²) in [7, 11) is 1.47. The molecule has 0 aliphatic heterocycles. The van der Waals surface area contributed by atoms with Crippen LogP contribution in [0.1, 0.15) is 32.1 Å². The van der Waals surface area contributed by atoms with E-state index >= 15 is 0 Å². The molecule has 0 saturated heterocycles. The highest BCUT2D eigenvalue weighted by Gasteiger charge is 2.18. The van der Waals surface area contributed by atoms with Crippen molar-refractivity contribution in [2.75, 3.05) is 7.11 Å². The van der Waals surface area contributed by atoms with Crippen LogP contribution in [-0.4, -0.2) is 29.2 Å². The quantitative estimate of drug-likeness (QED) is 0.781. The third-order valence-electron chi connectivity index (χ3n) is 3.42. The molecule has 0 aromatic carbocycles. The van der Waals surface area contributed by atoms with Crippen molar-refractivity contribution in [1.29, 1.82) is 0 Å². The van der Waals surface area contributed by atoms with Gasteiger partial charge in [-0.3, -0.25) is 15.1 Å². The Hall–Kier alpha value is -1.55. The summed E-state index contributed by atoms with van der Waals surface area (Å²) < 4.78 is 4.98. The van der Waals surface area contributed by atoms with E-state index in [2.05, 4.69) is 0 Å². The molecule has 2 aliphatic rings. The molecule has 98 valence electrons. The van der Waals surface area contributed by atoms with Crippen LogP contribution in [0.15, 0.2) is 35.8 Å². The molecule has 2 rings (SSSR count). The Kier molecular flexibility index (Phi) is 4.20. The van der Waals surface area contributed by atoms with Crippen molar-refractivity contribution >= 4 is 5.78 Å². The molecule has 1 saturated carbocycles. The largest absolute Gasteiger partial charge is 0.493 e. The van der Waals surface area contributed by atoms with Gasteiger partial charge >= 0.3 is 0 Å². The van der Waals surface area contributed by atoms with E-state index in [0.717, 1.165) is 18.4 Å². The molecule has 0 aromatic heterocycles. The van der Waals surface area contributed by atoms with Crippen LogP contribution in [-0.2, 0) is 9.53 Å². The van der Waals surface area contributed by atoms with E-state index in [1.807, 2.05) is 0 Å². The lowest BCUT2D eigenvalue weighted by Crippen LogP contribution is -2.30. The molecule has 18 heavy (non-hydrogen) atoms. The van der Waals surface area contributed by atoms with Gasteiger partial charge < -0.3 is 4.74 Å². The fourth-order valence-electron chi connectivity index (χ4n) is 2.37. The van der Waals surface area contributed by atoms with Gasteiger partial charge in [-0.1, -0.05) is 19.3 Å². The van der Waals surface area contributed by atoms with E-state index < -0.39 is 0 Å². The Bertz CT molecular complexity index is 403. The summed E-state index contributed by atoms with van der Waals surface area (Å²) in [4.78, 5) is 11.4. The summed E-state index contributed by atoms with van der Waals surface area (Å²) in [5.74, 6) is 0.164. The van der Waals surface area contributed by atoms with Crippen LogP contribution in [0, 0.1) is 0 Å². The van der Waals surface area contributed by atoms with Crippen molar-refractivity contribution < 1.29 is 14.7 Å². The van der Waals surface area contributed by atoms with Crippen LogP contribution in [0.5, 0.6) is 0 Å². The SMILES string of the molecule is COC1=C/C(=C/N(O)C2CCCCC2)C=CC1=O. The van der Waals surface area contributed by atoms with Crippen molar-refractivity contribution in [3.63, 3.8) is 0 Å². The van der Waals surface area contributed by atoms with E-state index in [0.29, 0.717) is 5.76 Å². The Morgan fingerprint density at radius 3 is 2.72 bits per heavy atom. The minimum atomic E-state index is -0.142. The summed E-state index contributed by atoms with van der Waals surface area (Å²) in [6, 6.07) is 0.191. The summed E-state index contributed by atoms with van der Waals surface area (Å²) in [6.45, 7) is 0. The summed E-state index contributed by atoms with van der Waals surface area (Å²) >= 11 is 0. The predicted molar refractivity (Wildman–Crippen MR) is 67.8 cm³/mol. The van der Waals surface area contributed by atoms with Crippen molar-refractivity contribution in [1.82, 2.24) is 5.06 Å². The van der Waals surface area contributed by atoms with E-state index in [9.17, 15) is 10.0 Å². The minimum Gasteiger partial charge on any atom is -0.493 e. The summed E-state index contributed by atoms with van der Waals surface area (Å²) in [5.41, 5.74) is 0.777. The fraction of sp³-hybridized carbons (Fsp3) is 0.500. The average molecular weight is 249 g/mol. The number of hydroxylamine groups is 2. The lowest BCUT2D eigenvalue weighted by atomic mass is 9.95. The lowest BCUT2D eigenvalue weighted by Gasteiger charge is -2.28. The molecular weight excluding hydrogens is 230 g/mol. The van der Waals surface area contributed by atoms with E-state index in [-0.39, 0.29) is 11.8 Å². The number of methoxy groups -OCH3 is 1. The number of hydrogen-bond acceptors (Lipinski definition) is 4. The topological polar surface area (TPSA) is 49.8 Å². The van der Waals surface area contributed by atoms with Gasteiger partial charge in [0.1, 0.15) is 0 Å². The first kappa shape index (κ1) is 12.9. The van der Waals surface area contributed by atoms with Gasteiger partial charge in [-0.2, -0.15) is 0 Å². The standard InChI is InChI=1S/C14H19NO3/c1-18-14-9-11(7-8-13(14)16)10-15(17)12-5-3-2-4-6-12/h7-10,12,17H,2-6H2,1H3/b11-10+. The number of carbonyl (C=O) groups excluding carboxylic acids is 1. The van der Waals surface area contributed by atoms with Crippen molar-refractivity contribution in [2.45, 2.75) is 38.1 Å². The molecule has 4 nitrogen and oxygen atoms in total. The number of rotatable bonds is 3. The van der Waals surface area contributed by atoms with Gasteiger partial charge in [0.15, 0.2) is 5.76 Å². The first-order chi connectivity index (χ1) is 8.70. The number of nitrogens with zero attached hydrogens (tertiary/aromatic N) is 1. The summed E-state index contributed by atoms with van der Waals surface area (Å²) in [5, 5.41) is 11.3. The third-order valence-corrected chi connectivity index (χ3v) is 3.42. The van der Waals surface area contributed by atoms with E-state index in [1.54, 1.807) is 18.4 Å². The molecule has 1 fully saturated rings. The highest BCUT2D eigenvalue weighted by Crippen LogP contribution is 2.23. The van der Waals surface area contributed by atoms with Crippen molar-refractivity contribution in [3.8, 4) is 0 Å². The van der Waals surface area contributed by atoms with Gasteiger partial charge in [0, 0.05) is 6.20 Å². The monoisotopic (exact) mass is 249 g/mol. The highest BCUT2D eigenvalue weighted by atomic mass is 16.5. The first-order valence-electron chi connectivity index (χ1n) is 6.38. The molecule has 0 spiro atoms. The zero-order valence-electron chi connectivity index (χ0n) is 10.6. The van der Waals surface area contributed by atoms with Gasteiger partial charge in [-0.05, 0) is 36.6 Å². The maximum atomic E-state index is 11.4. The van der Waals surface area contributed by atoms with Crippen LogP contribution in [0.3, 0.4) is 0 Å². The normalized spacial score (nSPS) is 23.1. The molecule has 0 heterocycles. The Morgan fingerprint density at radius 2 is 2.06 bits per heavy atom. The summed E-state index contributed by atoms with van der Waals surface area (Å²) in [6.07, 6.45) is 12.1. The third kappa shape index (κ3) is 3.01. The molecule has 0 unspecified atom stereocenters. The first-order valence-corrected chi connectivity index (χ1v) is 6.38. The predicted octanol–water partition coefficient (Wildman–Crippen LogP) is 2.56. The van der Waals surface area contributed by atoms with Gasteiger partial charge in [-0.25, -0.2) is 0 Å². The number of hydrogen-bond donors (Lipinski definition) is 1. The zero-order valence-corrected chi connectivity index (χ0v) is 10.6. The minimum absolute atomic E-state index is 0.142. The average Bonchev–Trinajstić information content (AvgIpc) is 2.42. The molecule has 0 radical (unpaired) electrons. The van der Waals surface area contributed by atoms with Crippen LogP contribution in [0.2, 0.25) is 0 Å². The second-order valence-corrected chi connectivity index (χ2v) is 4.71. The Morgan fingerprint density at radius 1 is 1.33 bits per heavy atom. The Balaban J connectivity index is 2.06. The molecular formula is C14H19NO3. The van der Waals surface area contributed by atoms with Crippen LogP contribution in [0.25, 0.3) is 0 Å². The number of carbonyl (C=O) groups is 1. The van der Waals surface area contributed by atoms with Crippen LogP contribution >= 0.6 is 0 Å².